The molecule has 0 unspecified atom stereocenters. The van der Waals surface area contributed by atoms with Crippen LogP contribution in [0, 0.1) is 0 Å². The van der Waals surface area contributed by atoms with Gasteiger partial charge in [0.1, 0.15) is 5.78 Å². The van der Waals surface area contributed by atoms with Crippen molar-refractivity contribution in [2.24, 2.45) is 0 Å². The number of carbonyl (C=O) groups is 1. The quantitative estimate of drug-likeness (QED) is 0.650. The normalized spacial score (nSPS) is 23.7. The first kappa shape index (κ1) is 13.6. The van der Waals surface area contributed by atoms with Crippen LogP contribution in [0.3, 0.4) is 0 Å². The number of ketones is 1. The van der Waals surface area contributed by atoms with Crippen molar-refractivity contribution in [1.82, 2.24) is 5.32 Å². The SMILES string of the molecule is CC1(C)CC(=O)CC(C)(C)N1.CCC. The first-order chi connectivity index (χ1) is 6.22. The summed E-state index contributed by atoms with van der Waals surface area (Å²) in [5, 5.41) is 3.44. The Morgan fingerprint density at radius 3 is 1.57 bits per heavy atom. The van der Waals surface area contributed by atoms with E-state index in [0.717, 1.165) is 0 Å². The van der Waals surface area contributed by atoms with Crippen molar-refractivity contribution in [2.75, 3.05) is 0 Å². The standard InChI is InChI=1S/C9H17NO.C3H8/c1-8(2)5-7(11)6-9(3,4)10-8;1-3-2/h10H,5-6H2,1-4H3;3H2,1-2H3. The van der Waals surface area contributed by atoms with Crippen molar-refractivity contribution in [3.8, 4) is 0 Å². The highest BCUT2D eigenvalue weighted by atomic mass is 16.1. The Morgan fingerprint density at radius 2 is 1.36 bits per heavy atom. The molecule has 1 aliphatic rings. The van der Waals surface area contributed by atoms with E-state index in [2.05, 4.69) is 46.9 Å². The lowest BCUT2D eigenvalue weighted by molar-refractivity contribution is -0.124. The molecule has 84 valence electrons. The number of Topliss-reactive ketones (excluding diaryl/α,β-unsaturated/α-hetero) is 1. The molecular weight excluding hydrogens is 174 g/mol. The molecule has 14 heavy (non-hydrogen) atoms. The van der Waals surface area contributed by atoms with Crippen LogP contribution in [0.25, 0.3) is 0 Å². The number of hydrogen-bond acceptors (Lipinski definition) is 2. The van der Waals surface area contributed by atoms with Crippen LogP contribution in [0.5, 0.6) is 0 Å². The lowest BCUT2D eigenvalue weighted by Crippen LogP contribution is -2.58. The first-order valence-corrected chi connectivity index (χ1v) is 5.53. The van der Waals surface area contributed by atoms with E-state index in [0.29, 0.717) is 18.6 Å². The first-order valence-electron chi connectivity index (χ1n) is 5.53. The average Bonchev–Trinajstić information content (AvgIpc) is 1.77. The van der Waals surface area contributed by atoms with E-state index >= 15 is 0 Å². The van der Waals surface area contributed by atoms with Crippen LogP contribution < -0.4 is 5.32 Å². The van der Waals surface area contributed by atoms with Gasteiger partial charge in [0, 0.05) is 23.9 Å². The summed E-state index contributed by atoms with van der Waals surface area (Å²) in [5.41, 5.74) is -0.0301. The van der Waals surface area contributed by atoms with Crippen LogP contribution in [0.15, 0.2) is 0 Å². The second-order valence-corrected chi connectivity index (χ2v) is 5.49. The van der Waals surface area contributed by atoms with Crippen molar-refractivity contribution in [3.63, 3.8) is 0 Å². The lowest BCUT2D eigenvalue weighted by atomic mass is 9.82. The Hall–Kier alpha value is -0.370. The summed E-state index contributed by atoms with van der Waals surface area (Å²) in [5.74, 6) is 0.374. The third-order valence-electron chi connectivity index (χ3n) is 1.95. The largest absolute Gasteiger partial charge is 0.306 e. The van der Waals surface area contributed by atoms with Crippen LogP contribution in [0.1, 0.15) is 60.8 Å². The molecule has 0 atom stereocenters. The molecule has 0 aromatic heterocycles. The molecule has 1 N–H and O–H groups in total. The van der Waals surface area contributed by atoms with Crippen molar-refractivity contribution in [1.29, 1.82) is 0 Å². The molecule has 0 radical (unpaired) electrons. The average molecular weight is 199 g/mol. The molecule has 0 amide bonds. The van der Waals surface area contributed by atoms with Gasteiger partial charge in [0.15, 0.2) is 0 Å². The number of nitrogens with one attached hydrogen (secondary N) is 1. The number of rotatable bonds is 0. The maximum Gasteiger partial charge on any atom is 0.136 e. The fourth-order valence-corrected chi connectivity index (χ4v) is 2.05. The van der Waals surface area contributed by atoms with Gasteiger partial charge in [0.25, 0.3) is 0 Å². The van der Waals surface area contributed by atoms with E-state index in [-0.39, 0.29) is 11.1 Å². The zero-order chi connectivity index (χ0) is 11.4. The highest BCUT2D eigenvalue weighted by Crippen LogP contribution is 2.25. The fraction of sp³-hybridized carbons (Fsp3) is 0.917. The van der Waals surface area contributed by atoms with E-state index in [9.17, 15) is 4.79 Å². The molecule has 1 saturated heterocycles. The summed E-state index contributed by atoms with van der Waals surface area (Å²) in [6.45, 7) is 12.6. The van der Waals surface area contributed by atoms with E-state index in [1.807, 2.05) is 0 Å². The zero-order valence-electron chi connectivity index (χ0n) is 10.5. The topological polar surface area (TPSA) is 29.1 Å². The van der Waals surface area contributed by atoms with Crippen LogP contribution >= 0.6 is 0 Å². The Balaban J connectivity index is 0.000000500. The second-order valence-electron chi connectivity index (χ2n) is 5.49. The minimum atomic E-state index is -0.0150. The molecule has 1 heterocycles. The minimum absolute atomic E-state index is 0.0150. The maximum absolute atomic E-state index is 11.3. The monoisotopic (exact) mass is 199 g/mol. The van der Waals surface area contributed by atoms with Gasteiger partial charge in [-0.05, 0) is 27.7 Å². The third kappa shape index (κ3) is 5.38. The van der Waals surface area contributed by atoms with Crippen molar-refractivity contribution < 1.29 is 4.79 Å². The van der Waals surface area contributed by atoms with Gasteiger partial charge in [0.05, 0.1) is 0 Å². The third-order valence-corrected chi connectivity index (χ3v) is 1.95. The number of hydrogen-bond donors (Lipinski definition) is 1. The predicted octanol–water partition coefficient (Wildman–Crippen LogP) is 2.91. The summed E-state index contributed by atoms with van der Waals surface area (Å²) >= 11 is 0. The summed E-state index contributed by atoms with van der Waals surface area (Å²) in [4.78, 5) is 11.3. The predicted molar refractivity (Wildman–Crippen MR) is 61.5 cm³/mol. The number of carbonyl (C=O) groups excluding carboxylic acids is 1. The molecule has 0 aromatic rings. The molecule has 0 aromatic carbocycles. The van der Waals surface area contributed by atoms with Crippen LogP contribution in [-0.4, -0.2) is 16.9 Å². The molecule has 2 nitrogen and oxygen atoms in total. The molecule has 0 saturated carbocycles. The van der Waals surface area contributed by atoms with Crippen LogP contribution in [0.4, 0.5) is 0 Å². The minimum Gasteiger partial charge on any atom is -0.306 e. The van der Waals surface area contributed by atoms with Gasteiger partial charge < -0.3 is 5.32 Å². The fourth-order valence-electron chi connectivity index (χ4n) is 2.05. The molecule has 1 fully saturated rings. The van der Waals surface area contributed by atoms with Gasteiger partial charge in [-0.2, -0.15) is 0 Å². The smallest absolute Gasteiger partial charge is 0.136 e. The summed E-state index contributed by atoms with van der Waals surface area (Å²) in [6, 6.07) is 0. The van der Waals surface area contributed by atoms with E-state index in [1.165, 1.54) is 6.42 Å². The van der Waals surface area contributed by atoms with Crippen LogP contribution in [0.2, 0.25) is 0 Å². The molecule has 0 aliphatic carbocycles. The van der Waals surface area contributed by atoms with Gasteiger partial charge in [-0.15, -0.1) is 0 Å². The molecule has 0 spiro atoms. The maximum atomic E-state index is 11.3. The van der Waals surface area contributed by atoms with Gasteiger partial charge >= 0.3 is 0 Å². The summed E-state index contributed by atoms with van der Waals surface area (Å²) in [7, 11) is 0. The van der Waals surface area contributed by atoms with Gasteiger partial charge in [-0.1, -0.05) is 20.3 Å². The van der Waals surface area contributed by atoms with Crippen LogP contribution in [-0.2, 0) is 4.79 Å². The van der Waals surface area contributed by atoms with Crippen molar-refractivity contribution in [3.05, 3.63) is 0 Å². The highest BCUT2D eigenvalue weighted by molar-refractivity contribution is 5.81. The Kier molecular flexibility index (Phi) is 4.79. The molecule has 1 aliphatic heterocycles. The summed E-state index contributed by atoms with van der Waals surface area (Å²) in [6.07, 6.45) is 2.58. The van der Waals surface area contributed by atoms with E-state index in [1.54, 1.807) is 0 Å². The molecule has 1 rings (SSSR count). The van der Waals surface area contributed by atoms with E-state index in [4.69, 9.17) is 0 Å². The van der Waals surface area contributed by atoms with Crippen molar-refractivity contribution >= 4 is 5.78 Å². The lowest BCUT2D eigenvalue weighted by Gasteiger charge is -2.41. The second kappa shape index (κ2) is 4.92. The number of piperidine rings is 1. The zero-order valence-corrected chi connectivity index (χ0v) is 10.5. The Labute approximate surface area is 88.5 Å². The summed E-state index contributed by atoms with van der Waals surface area (Å²) < 4.78 is 0. The van der Waals surface area contributed by atoms with Gasteiger partial charge in [0.2, 0.25) is 0 Å². The van der Waals surface area contributed by atoms with Gasteiger partial charge in [-0.3, -0.25) is 4.79 Å². The molecular formula is C12H25NO. The van der Waals surface area contributed by atoms with Gasteiger partial charge in [-0.25, -0.2) is 0 Å². The Bertz CT molecular complexity index is 176. The van der Waals surface area contributed by atoms with Crippen molar-refractivity contribution in [2.45, 2.75) is 71.9 Å². The highest BCUT2D eigenvalue weighted by Gasteiger charge is 2.36. The Morgan fingerprint density at radius 1 is 1.07 bits per heavy atom. The molecule has 0 bridgehead atoms. The van der Waals surface area contributed by atoms with E-state index < -0.39 is 0 Å². The molecule has 2 heteroatoms.